The lowest BCUT2D eigenvalue weighted by Crippen LogP contribution is -2.15. The van der Waals surface area contributed by atoms with Crippen LogP contribution in [-0.4, -0.2) is 10.8 Å². The predicted octanol–water partition coefficient (Wildman–Crippen LogP) is 2.04. The molecular formula is C7H5ClF3N3. The lowest BCUT2D eigenvalue weighted by molar-refractivity contribution is -0.137. The molecule has 0 saturated carbocycles. The number of hydrogen-bond acceptors (Lipinski definition) is 2. The number of amidine groups is 1. The van der Waals surface area contributed by atoms with Gasteiger partial charge in [0.1, 0.15) is 11.5 Å². The van der Waals surface area contributed by atoms with E-state index < -0.39 is 22.6 Å². The van der Waals surface area contributed by atoms with Crippen molar-refractivity contribution in [2.45, 2.75) is 6.18 Å². The standard InChI is InChI=1S/C7H5ClF3N3/c8-4-2-14-5(6(12)13)1-3(4)7(9,10)11/h1-2H,(H3,12,13). The van der Waals surface area contributed by atoms with Crippen LogP contribution in [0.5, 0.6) is 0 Å². The summed E-state index contributed by atoms with van der Waals surface area (Å²) < 4.78 is 36.8. The van der Waals surface area contributed by atoms with Gasteiger partial charge < -0.3 is 5.73 Å². The van der Waals surface area contributed by atoms with Crippen LogP contribution in [-0.2, 0) is 6.18 Å². The van der Waals surface area contributed by atoms with Crippen molar-refractivity contribution >= 4 is 17.4 Å². The number of alkyl halides is 3. The van der Waals surface area contributed by atoms with E-state index in [0.717, 1.165) is 6.20 Å². The van der Waals surface area contributed by atoms with Crippen molar-refractivity contribution in [3.63, 3.8) is 0 Å². The summed E-state index contributed by atoms with van der Waals surface area (Å²) in [5.74, 6) is -0.535. The number of nitrogen functional groups attached to an aromatic ring is 1. The zero-order valence-electron chi connectivity index (χ0n) is 6.69. The number of hydrogen-bond donors (Lipinski definition) is 2. The molecule has 7 heteroatoms. The topological polar surface area (TPSA) is 62.8 Å². The molecule has 0 bridgehead atoms. The Morgan fingerprint density at radius 1 is 1.50 bits per heavy atom. The molecule has 1 aromatic rings. The highest BCUT2D eigenvalue weighted by Crippen LogP contribution is 2.34. The number of halogens is 4. The molecule has 1 aromatic heterocycles. The number of nitrogens with zero attached hydrogens (tertiary/aromatic N) is 1. The molecule has 0 unspecified atom stereocenters. The van der Waals surface area contributed by atoms with E-state index in [4.69, 9.17) is 22.7 Å². The van der Waals surface area contributed by atoms with Crippen LogP contribution in [0, 0.1) is 5.41 Å². The third-order valence-electron chi connectivity index (χ3n) is 1.44. The van der Waals surface area contributed by atoms with Gasteiger partial charge in [-0.3, -0.25) is 10.4 Å². The number of nitrogens with two attached hydrogens (primary N) is 1. The van der Waals surface area contributed by atoms with Crippen molar-refractivity contribution in [2.75, 3.05) is 0 Å². The van der Waals surface area contributed by atoms with E-state index in [-0.39, 0.29) is 5.69 Å². The molecule has 0 amide bonds. The van der Waals surface area contributed by atoms with Gasteiger partial charge in [0.05, 0.1) is 10.6 Å². The van der Waals surface area contributed by atoms with E-state index in [1.165, 1.54) is 0 Å². The van der Waals surface area contributed by atoms with Crippen LogP contribution >= 0.6 is 11.6 Å². The lowest BCUT2D eigenvalue weighted by Gasteiger charge is -2.09. The number of rotatable bonds is 1. The minimum absolute atomic E-state index is 0.248. The maximum atomic E-state index is 12.3. The van der Waals surface area contributed by atoms with Crippen molar-refractivity contribution in [3.8, 4) is 0 Å². The van der Waals surface area contributed by atoms with Crippen molar-refractivity contribution in [1.29, 1.82) is 5.41 Å². The number of pyridine rings is 1. The Labute approximate surface area is 82.2 Å². The van der Waals surface area contributed by atoms with Crippen LogP contribution in [0.4, 0.5) is 13.2 Å². The van der Waals surface area contributed by atoms with Crippen LogP contribution in [0.2, 0.25) is 5.02 Å². The Balaban J connectivity index is 3.29. The van der Waals surface area contributed by atoms with Crippen LogP contribution in [0.25, 0.3) is 0 Å². The second kappa shape index (κ2) is 3.45. The monoisotopic (exact) mass is 223 g/mol. The summed E-state index contributed by atoms with van der Waals surface area (Å²) in [7, 11) is 0. The predicted molar refractivity (Wildman–Crippen MR) is 45.3 cm³/mol. The Morgan fingerprint density at radius 2 is 2.07 bits per heavy atom. The summed E-state index contributed by atoms with van der Waals surface area (Å²) in [6, 6.07) is 0.644. The van der Waals surface area contributed by atoms with Crippen molar-refractivity contribution < 1.29 is 13.2 Å². The van der Waals surface area contributed by atoms with Gasteiger partial charge in [-0.05, 0) is 6.07 Å². The van der Waals surface area contributed by atoms with Crippen molar-refractivity contribution in [1.82, 2.24) is 4.98 Å². The first kappa shape index (κ1) is 10.8. The average molecular weight is 224 g/mol. The quantitative estimate of drug-likeness (QED) is 0.565. The molecule has 3 nitrogen and oxygen atoms in total. The molecule has 3 N–H and O–H groups in total. The summed E-state index contributed by atoms with van der Waals surface area (Å²) in [5.41, 5.74) is 3.70. The molecular weight excluding hydrogens is 219 g/mol. The molecule has 14 heavy (non-hydrogen) atoms. The Bertz CT molecular complexity index is 375. The smallest absolute Gasteiger partial charge is 0.382 e. The Kier molecular flexibility index (Phi) is 2.66. The van der Waals surface area contributed by atoms with E-state index in [9.17, 15) is 13.2 Å². The van der Waals surface area contributed by atoms with Gasteiger partial charge in [-0.25, -0.2) is 0 Å². The lowest BCUT2D eigenvalue weighted by atomic mass is 10.2. The molecule has 0 atom stereocenters. The fourth-order valence-electron chi connectivity index (χ4n) is 0.803. The van der Waals surface area contributed by atoms with E-state index in [0.29, 0.717) is 6.07 Å². The molecule has 76 valence electrons. The molecule has 0 aromatic carbocycles. The van der Waals surface area contributed by atoms with Gasteiger partial charge in [0, 0.05) is 6.20 Å². The maximum absolute atomic E-state index is 12.3. The zero-order chi connectivity index (χ0) is 10.9. The van der Waals surface area contributed by atoms with Gasteiger partial charge in [0.25, 0.3) is 0 Å². The molecule has 0 radical (unpaired) electrons. The number of nitrogens with one attached hydrogen (secondary N) is 1. The van der Waals surface area contributed by atoms with E-state index in [2.05, 4.69) is 4.98 Å². The fraction of sp³-hybridized carbons (Fsp3) is 0.143. The van der Waals surface area contributed by atoms with E-state index in [1.807, 2.05) is 0 Å². The molecule has 0 saturated heterocycles. The highest BCUT2D eigenvalue weighted by atomic mass is 35.5. The number of aromatic nitrogens is 1. The molecule has 1 heterocycles. The van der Waals surface area contributed by atoms with Gasteiger partial charge >= 0.3 is 6.18 Å². The summed E-state index contributed by atoms with van der Waals surface area (Å²) in [6.45, 7) is 0. The van der Waals surface area contributed by atoms with Crippen LogP contribution in [0.15, 0.2) is 12.3 Å². The maximum Gasteiger partial charge on any atom is 0.417 e. The first-order valence-electron chi connectivity index (χ1n) is 3.39. The Morgan fingerprint density at radius 3 is 2.50 bits per heavy atom. The summed E-state index contributed by atoms with van der Waals surface area (Å²) >= 11 is 5.29. The highest BCUT2D eigenvalue weighted by molar-refractivity contribution is 6.31. The second-order valence-corrected chi connectivity index (χ2v) is 2.87. The molecule has 1 rings (SSSR count). The molecule has 0 aliphatic carbocycles. The average Bonchev–Trinajstić information content (AvgIpc) is 2.02. The summed E-state index contributed by atoms with van der Waals surface area (Å²) in [5, 5.41) is 6.40. The molecule has 0 aliphatic heterocycles. The van der Waals surface area contributed by atoms with Crippen LogP contribution in [0.3, 0.4) is 0 Å². The van der Waals surface area contributed by atoms with Crippen molar-refractivity contribution in [2.24, 2.45) is 5.73 Å². The zero-order valence-corrected chi connectivity index (χ0v) is 7.45. The summed E-state index contributed by atoms with van der Waals surface area (Å²) in [4.78, 5) is 3.47. The SMILES string of the molecule is N=C(N)c1cc(C(F)(F)F)c(Cl)cn1. The minimum Gasteiger partial charge on any atom is -0.382 e. The van der Waals surface area contributed by atoms with Crippen LogP contribution < -0.4 is 5.73 Å². The third kappa shape index (κ3) is 2.14. The van der Waals surface area contributed by atoms with Gasteiger partial charge in [-0.2, -0.15) is 13.2 Å². The molecule has 0 aliphatic rings. The van der Waals surface area contributed by atoms with E-state index in [1.54, 1.807) is 0 Å². The highest BCUT2D eigenvalue weighted by Gasteiger charge is 2.33. The van der Waals surface area contributed by atoms with Gasteiger partial charge in [0.2, 0.25) is 0 Å². The normalized spacial score (nSPS) is 11.4. The molecule has 0 fully saturated rings. The first-order valence-corrected chi connectivity index (χ1v) is 3.77. The second-order valence-electron chi connectivity index (χ2n) is 2.46. The molecule has 0 spiro atoms. The Hall–Kier alpha value is -1.30. The van der Waals surface area contributed by atoms with Crippen molar-refractivity contribution in [3.05, 3.63) is 28.5 Å². The van der Waals surface area contributed by atoms with Crippen LogP contribution in [0.1, 0.15) is 11.3 Å². The minimum atomic E-state index is -4.57. The third-order valence-corrected chi connectivity index (χ3v) is 1.74. The van der Waals surface area contributed by atoms with Gasteiger partial charge in [0.15, 0.2) is 0 Å². The summed E-state index contributed by atoms with van der Waals surface area (Å²) in [6.07, 6.45) is -3.74. The van der Waals surface area contributed by atoms with E-state index >= 15 is 0 Å². The first-order chi connectivity index (χ1) is 6.32. The fourth-order valence-corrected chi connectivity index (χ4v) is 1.01. The van der Waals surface area contributed by atoms with Gasteiger partial charge in [-0.15, -0.1) is 0 Å². The van der Waals surface area contributed by atoms with Gasteiger partial charge in [-0.1, -0.05) is 11.6 Å². The largest absolute Gasteiger partial charge is 0.417 e.